The maximum Gasteiger partial charge on any atom is 0.296 e. The zero-order chi connectivity index (χ0) is 16.5. The normalized spacial score (nSPS) is 11.8. The number of ether oxygens (including phenoxy) is 1. The zero-order valence-corrected chi connectivity index (χ0v) is 13.4. The van der Waals surface area contributed by atoms with E-state index in [0.717, 1.165) is 25.7 Å². The lowest BCUT2D eigenvalue weighted by molar-refractivity contribution is -0.384. The molecule has 0 aromatic heterocycles. The van der Waals surface area contributed by atoms with E-state index in [2.05, 4.69) is 12.2 Å². The fourth-order valence-corrected chi connectivity index (χ4v) is 2.23. The second kappa shape index (κ2) is 9.02. The Morgan fingerprint density at radius 3 is 2.64 bits per heavy atom. The van der Waals surface area contributed by atoms with Crippen LogP contribution in [-0.2, 0) is 4.79 Å². The van der Waals surface area contributed by atoms with E-state index in [-0.39, 0.29) is 23.2 Å². The Labute approximate surface area is 131 Å². The molecule has 6 nitrogen and oxygen atoms in total. The molecule has 122 valence electrons. The number of hydrogen-bond acceptors (Lipinski definition) is 4. The molecule has 0 spiro atoms. The fraction of sp³-hybridized carbons (Fsp3) is 0.562. The predicted octanol–water partition coefficient (Wildman–Crippen LogP) is 4.15. The summed E-state index contributed by atoms with van der Waals surface area (Å²) in [5, 5.41) is 13.9. The van der Waals surface area contributed by atoms with Crippen LogP contribution in [0.2, 0.25) is 0 Å². The van der Waals surface area contributed by atoms with Crippen LogP contribution < -0.4 is 10.1 Å². The molecule has 1 atom stereocenters. The van der Waals surface area contributed by atoms with E-state index in [1.54, 1.807) is 13.0 Å². The molecule has 1 aromatic rings. The minimum absolute atomic E-state index is 0.119. The van der Waals surface area contributed by atoms with Gasteiger partial charge in [-0.15, -0.1) is 0 Å². The number of carbonyl (C=O) groups is 1. The van der Waals surface area contributed by atoms with Gasteiger partial charge < -0.3 is 10.1 Å². The number of hydrogen-bond donors (Lipinski definition) is 1. The van der Waals surface area contributed by atoms with E-state index >= 15 is 0 Å². The molecule has 0 aliphatic rings. The third-order valence-corrected chi connectivity index (χ3v) is 3.50. The Hall–Kier alpha value is -2.11. The van der Waals surface area contributed by atoms with Crippen LogP contribution in [0.4, 0.5) is 11.4 Å². The van der Waals surface area contributed by atoms with E-state index in [0.29, 0.717) is 12.4 Å². The lowest BCUT2D eigenvalue weighted by Gasteiger charge is -2.15. The first-order chi connectivity index (χ1) is 10.5. The molecule has 0 unspecified atom stereocenters. The van der Waals surface area contributed by atoms with Crippen molar-refractivity contribution >= 4 is 17.3 Å². The van der Waals surface area contributed by atoms with Gasteiger partial charge in [0.2, 0.25) is 5.91 Å². The van der Waals surface area contributed by atoms with Gasteiger partial charge >= 0.3 is 0 Å². The first-order valence-electron chi connectivity index (χ1n) is 7.75. The van der Waals surface area contributed by atoms with E-state index < -0.39 is 4.92 Å². The largest absolute Gasteiger partial charge is 0.494 e. The summed E-state index contributed by atoms with van der Waals surface area (Å²) < 4.78 is 5.26. The number of anilines is 1. The highest BCUT2D eigenvalue weighted by molar-refractivity contribution is 5.94. The second-order valence-corrected chi connectivity index (χ2v) is 5.11. The van der Waals surface area contributed by atoms with Gasteiger partial charge in [-0.25, -0.2) is 0 Å². The minimum atomic E-state index is -0.509. The Morgan fingerprint density at radius 2 is 2.09 bits per heavy atom. The maximum absolute atomic E-state index is 12.3. The molecular formula is C16H24N2O4. The quantitative estimate of drug-likeness (QED) is 0.549. The molecule has 22 heavy (non-hydrogen) atoms. The Kier molecular flexibility index (Phi) is 7.36. The number of carbonyl (C=O) groups excluding carboxylic acids is 1. The summed E-state index contributed by atoms with van der Waals surface area (Å²) in [6.45, 7) is 6.26. The first-order valence-corrected chi connectivity index (χ1v) is 7.75. The molecular weight excluding hydrogens is 284 g/mol. The smallest absolute Gasteiger partial charge is 0.296 e. The maximum atomic E-state index is 12.3. The van der Waals surface area contributed by atoms with Crippen molar-refractivity contribution in [3.63, 3.8) is 0 Å². The van der Waals surface area contributed by atoms with E-state index in [1.807, 2.05) is 6.92 Å². The molecule has 6 heteroatoms. The molecule has 0 bridgehead atoms. The highest BCUT2D eigenvalue weighted by Crippen LogP contribution is 2.30. The lowest BCUT2D eigenvalue weighted by atomic mass is 9.98. The summed E-state index contributed by atoms with van der Waals surface area (Å²) in [4.78, 5) is 22.9. The van der Waals surface area contributed by atoms with Crippen molar-refractivity contribution in [2.75, 3.05) is 11.9 Å². The predicted molar refractivity (Wildman–Crippen MR) is 86.2 cm³/mol. The number of rotatable bonds is 9. The highest BCUT2D eigenvalue weighted by Gasteiger charge is 2.21. The number of amides is 1. The Balaban J connectivity index is 2.91. The topological polar surface area (TPSA) is 81.5 Å². The number of benzene rings is 1. The van der Waals surface area contributed by atoms with Gasteiger partial charge in [0.05, 0.1) is 17.6 Å². The molecule has 1 aromatic carbocycles. The summed E-state index contributed by atoms with van der Waals surface area (Å²) in [5.41, 5.74) is 0.0676. The van der Waals surface area contributed by atoms with Gasteiger partial charge in [-0.05, 0) is 31.9 Å². The van der Waals surface area contributed by atoms with Crippen molar-refractivity contribution in [1.82, 2.24) is 0 Å². The Bertz CT molecular complexity index is 517. The molecule has 1 rings (SSSR count). The van der Waals surface area contributed by atoms with Gasteiger partial charge in [-0.3, -0.25) is 14.9 Å². The van der Waals surface area contributed by atoms with Gasteiger partial charge in [-0.2, -0.15) is 0 Å². The molecule has 0 fully saturated rings. The standard InChI is InChI=1S/C16H24N2O4/c1-4-7-8-12(5-2)16(19)17-14-10-9-13(22-6-3)11-15(14)18(20)21/h9-12H,4-8H2,1-3H3,(H,17,19)/t12-/m1/s1. The van der Waals surface area contributed by atoms with Crippen LogP contribution in [0.15, 0.2) is 18.2 Å². The summed E-state index contributed by atoms with van der Waals surface area (Å²) >= 11 is 0. The second-order valence-electron chi connectivity index (χ2n) is 5.11. The van der Waals surface area contributed by atoms with Gasteiger partial charge in [0.15, 0.2) is 0 Å². The lowest BCUT2D eigenvalue weighted by Crippen LogP contribution is -2.22. The number of unbranched alkanes of at least 4 members (excludes halogenated alkanes) is 1. The summed E-state index contributed by atoms with van der Waals surface area (Å²) in [6, 6.07) is 4.48. The van der Waals surface area contributed by atoms with Crippen LogP contribution in [0.5, 0.6) is 5.75 Å². The number of nitro groups is 1. The molecule has 1 amide bonds. The fourth-order valence-electron chi connectivity index (χ4n) is 2.23. The first kappa shape index (κ1) is 17.9. The summed E-state index contributed by atoms with van der Waals surface area (Å²) in [7, 11) is 0. The van der Waals surface area contributed by atoms with Gasteiger partial charge in [-0.1, -0.05) is 26.7 Å². The number of nitrogens with zero attached hydrogens (tertiary/aromatic N) is 1. The van der Waals surface area contributed by atoms with Crippen molar-refractivity contribution in [3.05, 3.63) is 28.3 Å². The zero-order valence-electron chi connectivity index (χ0n) is 13.4. The Morgan fingerprint density at radius 1 is 1.36 bits per heavy atom. The van der Waals surface area contributed by atoms with Crippen molar-refractivity contribution in [2.45, 2.75) is 46.5 Å². The minimum Gasteiger partial charge on any atom is -0.494 e. The van der Waals surface area contributed by atoms with Gasteiger partial charge in [0.25, 0.3) is 5.69 Å². The van der Waals surface area contributed by atoms with E-state index in [1.165, 1.54) is 12.1 Å². The van der Waals surface area contributed by atoms with Gasteiger partial charge in [0.1, 0.15) is 11.4 Å². The molecule has 0 radical (unpaired) electrons. The molecule has 0 saturated heterocycles. The third kappa shape index (κ3) is 5.02. The molecule has 0 saturated carbocycles. The summed E-state index contributed by atoms with van der Waals surface area (Å²) in [5.74, 6) is 0.138. The number of nitrogens with one attached hydrogen (secondary N) is 1. The third-order valence-electron chi connectivity index (χ3n) is 3.50. The van der Waals surface area contributed by atoms with Crippen LogP contribution in [-0.4, -0.2) is 17.4 Å². The van der Waals surface area contributed by atoms with Crippen LogP contribution in [0.25, 0.3) is 0 Å². The average molecular weight is 308 g/mol. The van der Waals surface area contributed by atoms with E-state index in [9.17, 15) is 14.9 Å². The summed E-state index contributed by atoms with van der Waals surface area (Å²) in [6.07, 6.45) is 3.50. The van der Waals surface area contributed by atoms with Crippen LogP contribution in [0.3, 0.4) is 0 Å². The van der Waals surface area contributed by atoms with Gasteiger partial charge in [0, 0.05) is 5.92 Å². The average Bonchev–Trinajstić information content (AvgIpc) is 2.49. The number of nitro benzene ring substituents is 1. The van der Waals surface area contributed by atoms with Crippen molar-refractivity contribution in [1.29, 1.82) is 0 Å². The highest BCUT2D eigenvalue weighted by atomic mass is 16.6. The van der Waals surface area contributed by atoms with E-state index in [4.69, 9.17) is 4.74 Å². The van der Waals surface area contributed by atoms with Crippen LogP contribution in [0.1, 0.15) is 46.5 Å². The molecule has 0 aliphatic carbocycles. The van der Waals surface area contributed by atoms with Crippen molar-refractivity contribution in [3.8, 4) is 5.75 Å². The monoisotopic (exact) mass is 308 g/mol. The molecule has 1 N–H and O–H groups in total. The molecule has 0 heterocycles. The van der Waals surface area contributed by atoms with Crippen molar-refractivity contribution in [2.24, 2.45) is 5.92 Å². The van der Waals surface area contributed by atoms with Crippen LogP contribution >= 0.6 is 0 Å². The van der Waals surface area contributed by atoms with Crippen LogP contribution in [0, 0.1) is 16.0 Å². The SMILES string of the molecule is CCCC[C@@H](CC)C(=O)Nc1ccc(OCC)cc1[N+](=O)[O-]. The van der Waals surface area contributed by atoms with Crippen molar-refractivity contribution < 1.29 is 14.5 Å². The molecule has 0 aliphatic heterocycles.